The van der Waals surface area contributed by atoms with Crippen molar-refractivity contribution in [2.24, 2.45) is 23.7 Å². The molecule has 4 fully saturated rings. The van der Waals surface area contributed by atoms with E-state index < -0.39 is 0 Å². The molecule has 2 aromatic carbocycles. The van der Waals surface area contributed by atoms with Crippen LogP contribution in [-0.2, 0) is 0 Å². The highest BCUT2D eigenvalue weighted by Crippen LogP contribution is 2.57. The summed E-state index contributed by atoms with van der Waals surface area (Å²) >= 11 is 0. The predicted molar refractivity (Wildman–Crippen MR) is 106 cm³/mol. The number of carbonyl (C=O) groups is 2. The van der Waals surface area contributed by atoms with E-state index in [0.717, 1.165) is 37.5 Å². The molecule has 2 aromatic rings. The van der Waals surface area contributed by atoms with Crippen molar-refractivity contribution in [2.75, 3.05) is 0 Å². The lowest BCUT2D eigenvalue weighted by Crippen LogP contribution is -2.42. The zero-order valence-corrected chi connectivity index (χ0v) is 15.4. The molecule has 0 radical (unpaired) electrons. The van der Waals surface area contributed by atoms with Crippen molar-refractivity contribution in [1.82, 2.24) is 0 Å². The lowest BCUT2D eigenvalue weighted by Gasteiger charge is -2.52. The molecule has 4 aliphatic carbocycles. The average Bonchev–Trinajstić information content (AvgIpc) is 2.70. The molecule has 4 bridgehead atoms. The fourth-order valence-corrected chi connectivity index (χ4v) is 5.93. The maximum Gasteiger partial charge on any atom is 0.196 e. The van der Waals surface area contributed by atoms with E-state index in [4.69, 9.17) is 0 Å². The van der Waals surface area contributed by atoms with Crippen LogP contribution >= 0.6 is 0 Å². The Morgan fingerprint density at radius 3 is 1.41 bits per heavy atom. The van der Waals surface area contributed by atoms with Crippen LogP contribution in [0.4, 0.5) is 0 Å². The Balaban J connectivity index is 1.65. The Hall–Kier alpha value is -2.48. The summed E-state index contributed by atoms with van der Waals surface area (Å²) in [4.78, 5) is 27.0. The van der Waals surface area contributed by atoms with Gasteiger partial charge >= 0.3 is 0 Å². The van der Waals surface area contributed by atoms with Gasteiger partial charge in [0.05, 0.1) is 5.57 Å². The molecule has 0 amide bonds. The molecule has 0 unspecified atom stereocenters. The van der Waals surface area contributed by atoms with E-state index in [-0.39, 0.29) is 11.6 Å². The molecule has 0 saturated heterocycles. The fraction of sp³-hybridized carbons (Fsp3) is 0.360. The third-order valence-corrected chi connectivity index (χ3v) is 6.83. The minimum atomic E-state index is -0.0908. The van der Waals surface area contributed by atoms with Gasteiger partial charge in [0.2, 0.25) is 0 Å². The highest BCUT2D eigenvalue weighted by Gasteiger charge is 2.47. The highest BCUT2D eigenvalue weighted by molar-refractivity contribution is 6.31. The quantitative estimate of drug-likeness (QED) is 0.313. The highest BCUT2D eigenvalue weighted by atomic mass is 16.1. The summed E-state index contributed by atoms with van der Waals surface area (Å²) < 4.78 is 0. The van der Waals surface area contributed by atoms with Crippen LogP contribution in [0.3, 0.4) is 0 Å². The van der Waals surface area contributed by atoms with Gasteiger partial charge in [0.1, 0.15) is 0 Å². The van der Waals surface area contributed by atoms with Gasteiger partial charge in [0.25, 0.3) is 0 Å². The summed E-state index contributed by atoms with van der Waals surface area (Å²) in [7, 11) is 0. The van der Waals surface area contributed by atoms with E-state index in [0.29, 0.717) is 28.5 Å². The van der Waals surface area contributed by atoms with Crippen LogP contribution in [0.1, 0.15) is 52.8 Å². The topological polar surface area (TPSA) is 34.1 Å². The van der Waals surface area contributed by atoms with E-state index >= 15 is 0 Å². The molecule has 6 rings (SSSR count). The zero-order valence-electron chi connectivity index (χ0n) is 15.4. The molecule has 0 heterocycles. The smallest absolute Gasteiger partial charge is 0.196 e. The van der Waals surface area contributed by atoms with E-state index in [2.05, 4.69) is 0 Å². The number of hydrogen-bond donors (Lipinski definition) is 0. The normalized spacial score (nSPS) is 28.2. The Labute approximate surface area is 160 Å². The van der Waals surface area contributed by atoms with Gasteiger partial charge in [-0.15, -0.1) is 0 Å². The number of Topliss-reactive ketones (excluding diaryl/α,β-unsaturated/α-hetero) is 2. The monoisotopic (exact) mass is 356 g/mol. The lowest BCUT2D eigenvalue weighted by molar-refractivity contribution is 0.0659. The fourth-order valence-electron chi connectivity index (χ4n) is 5.93. The largest absolute Gasteiger partial charge is 0.288 e. The molecule has 2 nitrogen and oxygen atoms in total. The summed E-state index contributed by atoms with van der Waals surface area (Å²) in [5.74, 6) is 2.28. The van der Waals surface area contributed by atoms with Crippen LogP contribution in [0, 0.1) is 23.7 Å². The molecule has 0 aliphatic heterocycles. The lowest BCUT2D eigenvalue weighted by atomic mass is 9.53. The van der Waals surface area contributed by atoms with Crippen molar-refractivity contribution in [1.29, 1.82) is 0 Å². The van der Waals surface area contributed by atoms with Gasteiger partial charge in [-0.25, -0.2) is 0 Å². The second kappa shape index (κ2) is 6.60. The first-order valence-electron chi connectivity index (χ1n) is 10.1. The van der Waals surface area contributed by atoms with Crippen molar-refractivity contribution in [3.63, 3.8) is 0 Å². The van der Waals surface area contributed by atoms with E-state index in [1.807, 2.05) is 60.7 Å². The van der Waals surface area contributed by atoms with Crippen molar-refractivity contribution in [2.45, 2.75) is 32.1 Å². The number of ketones is 2. The molecule has 0 atom stereocenters. The Morgan fingerprint density at radius 2 is 1.00 bits per heavy atom. The first-order valence-corrected chi connectivity index (χ1v) is 10.1. The molecule has 0 spiro atoms. The molecule has 4 saturated carbocycles. The summed E-state index contributed by atoms with van der Waals surface area (Å²) in [5, 5.41) is 0. The van der Waals surface area contributed by atoms with Gasteiger partial charge in [0, 0.05) is 11.1 Å². The van der Waals surface area contributed by atoms with Crippen LogP contribution in [0.2, 0.25) is 0 Å². The van der Waals surface area contributed by atoms with E-state index in [1.54, 1.807) is 0 Å². The summed E-state index contributed by atoms with van der Waals surface area (Å²) in [6.07, 6.45) is 6.01. The first kappa shape index (κ1) is 16.7. The number of allylic oxidation sites excluding steroid dienone is 2. The minimum absolute atomic E-state index is 0.0908. The van der Waals surface area contributed by atoms with Crippen LogP contribution in [-0.4, -0.2) is 11.6 Å². The van der Waals surface area contributed by atoms with Crippen molar-refractivity contribution >= 4 is 11.6 Å². The molecular weight excluding hydrogens is 332 g/mol. The van der Waals surface area contributed by atoms with Gasteiger partial charge in [-0.05, 0) is 61.3 Å². The molecule has 27 heavy (non-hydrogen) atoms. The third kappa shape index (κ3) is 2.88. The van der Waals surface area contributed by atoms with Crippen LogP contribution in [0.25, 0.3) is 0 Å². The van der Waals surface area contributed by atoms with Gasteiger partial charge < -0.3 is 0 Å². The number of hydrogen-bond acceptors (Lipinski definition) is 2. The second-order valence-electron chi connectivity index (χ2n) is 8.53. The third-order valence-electron chi connectivity index (χ3n) is 6.83. The number of benzene rings is 2. The zero-order chi connectivity index (χ0) is 18.4. The van der Waals surface area contributed by atoms with Crippen molar-refractivity contribution < 1.29 is 9.59 Å². The Morgan fingerprint density at radius 1 is 0.593 bits per heavy atom. The molecule has 136 valence electrons. The average molecular weight is 356 g/mol. The van der Waals surface area contributed by atoms with Gasteiger partial charge in [-0.2, -0.15) is 0 Å². The number of carbonyl (C=O) groups excluding carboxylic acids is 2. The first-order chi connectivity index (χ1) is 13.2. The summed E-state index contributed by atoms with van der Waals surface area (Å²) in [5.41, 5.74) is 2.90. The minimum Gasteiger partial charge on any atom is -0.288 e. The van der Waals surface area contributed by atoms with Gasteiger partial charge in [0.15, 0.2) is 11.6 Å². The Kier molecular flexibility index (Phi) is 4.07. The van der Waals surface area contributed by atoms with Crippen LogP contribution in [0.5, 0.6) is 0 Å². The Bertz CT molecular complexity index is 824. The SMILES string of the molecule is O=C(C(C(=O)c1ccccc1)=C1C2CC3CC(C2)CC1C3)c1ccccc1. The van der Waals surface area contributed by atoms with Crippen molar-refractivity contribution in [3.8, 4) is 0 Å². The maximum absolute atomic E-state index is 13.5. The van der Waals surface area contributed by atoms with Crippen LogP contribution < -0.4 is 0 Å². The maximum atomic E-state index is 13.5. The van der Waals surface area contributed by atoms with Gasteiger partial charge in [-0.3, -0.25) is 9.59 Å². The van der Waals surface area contributed by atoms with E-state index in [1.165, 1.54) is 12.0 Å². The molecule has 0 aromatic heterocycles. The van der Waals surface area contributed by atoms with E-state index in [9.17, 15) is 9.59 Å². The predicted octanol–water partition coefficient (Wildman–Crippen LogP) is 5.50. The number of rotatable bonds is 4. The molecule has 2 heteroatoms. The standard InChI is InChI=1S/C25H24O2/c26-24(18-7-3-1-4-8-18)23(25(27)19-9-5-2-6-10-19)22-20-12-16-11-17(14-20)15-21(22)13-16/h1-10,16-17,20-21H,11-15H2. The van der Waals surface area contributed by atoms with Gasteiger partial charge in [-0.1, -0.05) is 60.7 Å². The summed E-state index contributed by atoms with van der Waals surface area (Å²) in [6.45, 7) is 0. The molecule has 4 aliphatic rings. The van der Waals surface area contributed by atoms with Crippen molar-refractivity contribution in [3.05, 3.63) is 82.9 Å². The van der Waals surface area contributed by atoms with Crippen LogP contribution in [0.15, 0.2) is 71.8 Å². The molecule has 0 N–H and O–H groups in total. The molecular formula is C25H24O2. The second-order valence-corrected chi connectivity index (χ2v) is 8.53. The summed E-state index contributed by atoms with van der Waals surface area (Å²) in [6, 6.07) is 18.6.